The fourth-order valence-corrected chi connectivity index (χ4v) is 2.87. The number of hydrogen-bond donors (Lipinski definition) is 1. The zero-order valence-corrected chi connectivity index (χ0v) is 10.2. The summed E-state index contributed by atoms with van der Waals surface area (Å²) in [5.74, 6) is 0.788. The Balaban J connectivity index is 1.56. The maximum Gasteiger partial charge on any atom is 0.0605 e. The molecule has 2 aliphatic rings. The molecule has 1 fully saturated rings. The van der Waals surface area contributed by atoms with E-state index in [2.05, 4.69) is 16.4 Å². The van der Waals surface area contributed by atoms with Gasteiger partial charge in [-0.05, 0) is 49.8 Å². The summed E-state index contributed by atoms with van der Waals surface area (Å²) in [6.07, 6.45) is 6.70. The van der Waals surface area contributed by atoms with E-state index in [9.17, 15) is 0 Å². The van der Waals surface area contributed by atoms with Crippen LogP contribution in [0.2, 0.25) is 0 Å². The van der Waals surface area contributed by atoms with Crippen molar-refractivity contribution in [3.8, 4) is 0 Å². The van der Waals surface area contributed by atoms with Crippen molar-refractivity contribution in [2.24, 2.45) is 5.92 Å². The lowest BCUT2D eigenvalue weighted by atomic mass is 10.00. The van der Waals surface area contributed by atoms with E-state index in [0.717, 1.165) is 25.7 Å². The van der Waals surface area contributed by atoms with Crippen LogP contribution in [0.5, 0.6) is 0 Å². The number of ether oxygens (including phenoxy) is 1. The van der Waals surface area contributed by atoms with E-state index in [1.165, 1.54) is 36.9 Å². The van der Waals surface area contributed by atoms with Crippen LogP contribution in [0.4, 0.5) is 0 Å². The summed E-state index contributed by atoms with van der Waals surface area (Å²) in [6.45, 7) is 2.99. The normalized spacial score (nSPS) is 24.8. The molecule has 1 aliphatic carbocycles. The Kier molecular flexibility index (Phi) is 3.39. The summed E-state index contributed by atoms with van der Waals surface area (Å²) in [5, 5.41) is 3.69. The van der Waals surface area contributed by atoms with Crippen molar-refractivity contribution in [2.45, 2.75) is 31.7 Å². The summed E-state index contributed by atoms with van der Waals surface area (Å²) in [7, 11) is 0. The molecule has 3 heteroatoms. The number of fused-ring (bicyclic) bond motifs is 1. The molecule has 0 spiro atoms. The minimum Gasteiger partial charge on any atom is -0.381 e. The van der Waals surface area contributed by atoms with E-state index in [-0.39, 0.29) is 0 Å². The quantitative estimate of drug-likeness (QED) is 0.866. The third-order valence-corrected chi connectivity index (χ3v) is 3.95. The van der Waals surface area contributed by atoms with Crippen molar-refractivity contribution in [1.29, 1.82) is 0 Å². The fraction of sp³-hybridized carbons (Fsp3) is 0.643. The lowest BCUT2D eigenvalue weighted by Crippen LogP contribution is -2.30. The number of hydrogen-bond acceptors (Lipinski definition) is 3. The second-order valence-corrected chi connectivity index (χ2v) is 5.10. The van der Waals surface area contributed by atoms with Crippen molar-refractivity contribution in [2.75, 3.05) is 19.8 Å². The summed E-state index contributed by atoms with van der Waals surface area (Å²) in [4.78, 5) is 4.52. The van der Waals surface area contributed by atoms with Crippen LogP contribution >= 0.6 is 0 Å². The van der Waals surface area contributed by atoms with Gasteiger partial charge in [0, 0.05) is 19.4 Å². The summed E-state index contributed by atoms with van der Waals surface area (Å²) in [5.41, 5.74) is 2.71. The molecule has 1 aromatic heterocycles. The Hall–Kier alpha value is -0.930. The Labute approximate surface area is 103 Å². The van der Waals surface area contributed by atoms with Gasteiger partial charge in [-0.25, -0.2) is 0 Å². The molecule has 17 heavy (non-hydrogen) atoms. The fourth-order valence-electron chi connectivity index (χ4n) is 2.87. The first-order valence-corrected chi connectivity index (χ1v) is 6.68. The highest BCUT2D eigenvalue weighted by Crippen LogP contribution is 2.29. The number of pyridine rings is 1. The lowest BCUT2D eigenvalue weighted by molar-refractivity contribution is 0.0654. The smallest absolute Gasteiger partial charge is 0.0605 e. The van der Waals surface area contributed by atoms with Gasteiger partial charge in [0.25, 0.3) is 0 Å². The van der Waals surface area contributed by atoms with Crippen LogP contribution in [0.25, 0.3) is 0 Å². The molecule has 92 valence electrons. The SMILES string of the molecule is c1cnc2c(c1)CCC2NCC1CCOCC1. The average molecular weight is 232 g/mol. The van der Waals surface area contributed by atoms with Crippen LogP contribution < -0.4 is 5.32 Å². The standard InChI is InChI=1S/C14H20N2O/c1-2-12-3-4-13(14(12)15-7-1)16-10-11-5-8-17-9-6-11/h1-2,7,11,13,16H,3-6,8-10H2. The molecule has 3 rings (SSSR count). The van der Waals surface area contributed by atoms with Gasteiger partial charge in [-0.15, -0.1) is 0 Å². The molecule has 0 amide bonds. The van der Waals surface area contributed by atoms with Crippen LogP contribution in [0, 0.1) is 5.92 Å². The second-order valence-electron chi connectivity index (χ2n) is 5.10. The van der Waals surface area contributed by atoms with Crippen LogP contribution in [-0.4, -0.2) is 24.7 Å². The zero-order valence-electron chi connectivity index (χ0n) is 10.2. The molecular weight excluding hydrogens is 212 g/mol. The highest BCUT2D eigenvalue weighted by atomic mass is 16.5. The van der Waals surface area contributed by atoms with Gasteiger partial charge >= 0.3 is 0 Å². The molecule has 1 atom stereocenters. The van der Waals surface area contributed by atoms with E-state index in [4.69, 9.17) is 4.74 Å². The molecule has 0 radical (unpaired) electrons. The minimum absolute atomic E-state index is 0.481. The number of aryl methyl sites for hydroxylation is 1. The van der Waals surface area contributed by atoms with Crippen LogP contribution in [0.1, 0.15) is 36.6 Å². The minimum atomic E-state index is 0.481. The second kappa shape index (κ2) is 5.15. The Morgan fingerprint density at radius 3 is 3.06 bits per heavy atom. The van der Waals surface area contributed by atoms with Crippen LogP contribution in [0.15, 0.2) is 18.3 Å². The van der Waals surface area contributed by atoms with E-state index in [0.29, 0.717) is 6.04 Å². The first kappa shape index (κ1) is 11.2. The van der Waals surface area contributed by atoms with Crippen LogP contribution in [-0.2, 0) is 11.2 Å². The van der Waals surface area contributed by atoms with Gasteiger partial charge < -0.3 is 10.1 Å². The largest absolute Gasteiger partial charge is 0.381 e. The van der Waals surface area contributed by atoms with Crippen molar-refractivity contribution in [1.82, 2.24) is 10.3 Å². The van der Waals surface area contributed by atoms with Gasteiger partial charge in [0.2, 0.25) is 0 Å². The van der Waals surface area contributed by atoms with Crippen molar-refractivity contribution in [3.05, 3.63) is 29.6 Å². The number of aromatic nitrogens is 1. The summed E-state index contributed by atoms with van der Waals surface area (Å²) >= 11 is 0. The Morgan fingerprint density at radius 1 is 1.29 bits per heavy atom. The Morgan fingerprint density at radius 2 is 2.18 bits per heavy atom. The predicted octanol–water partition coefficient (Wildman–Crippen LogP) is 2.09. The number of nitrogens with zero attached hydrogens (tertiary/aromatic N) is 1. The summed E-state index contributed by atoms with van der Waals surface area (Å²) < 4.78 is 5.39. The molecule has 1 aliphatic heterocycles. The average Bonchev–Trinajstić information content (AvgIpc) is 2.81. The predicted molar refractivity (Wildman–Crippen MR) is 66.8 cm³/mol. The van der Waals surface area contributed by atoms with Gasteiger partial charge in [-0.1, -0.05) is 6.07 Å². The Bertz CT molecular complexity index is 374. The molecular formula is C14H20N2O. The third-order valence-electron chi connectivity index (χ3n) is 3.95. The van der Waals surface area contributed by atoms with Gasteiger partial charge in [0.05, 0.1) is 11.7 Å². The van der Waals surface area contributed by atoms with Gasteiger partial charge in [0.15, 0.2) is 0 Å². The van der Waals surface area contributed by atoms with Crippen LogP contribution in [0.3, 0.4) is 0 Å². The molecule has 0 bridgehead atoms. The monoisotopic (exact) mass is 232 g/mol. The molecule has 0 saturated carbocycles. The highest BCUT2D eigenvalue weighted by Gasteiger charge is 2.24. The molecule has 1 saturated heterocycles. The zero-order chi connectivity index (χ0) is 11.5. The third kappa shape index (κ3) is 2.50. The maximum absolute atomic E-state index is 5.39. The van der Waals surface area contributed by atoms with E-state index < -0.39 is 0 Å². The molecule has 2 heterocycles. The molecule has 1 aromatic rings. The molecule has 1 unspecified atom stereocenters. The van der Waals surface area contributed by atoms with Gasteiger partial charge in [-0.2, -0.15) is 0 Å². The molecule has 1 N–H and O–H groups in total. The van der Waals surface area contributed by atoms with E-state index >= 15 is 0 Å². The first-order valence-electron chi connectivity index (χ1n) is 6.68. The van der Waals surface area contributed by atoms with E-state index in [1.54, 1.807) is 0 Å². The van der Waals surface area contributed by atoms with Gasteiger partial charge in [0.1, 0.15) is 0 Å². The number of nitrogens with one attached hydrogen (secondary N) is 1. The van der Waals surface area contributed by atoms with Gasteiger partial charge in [-0.3, -0.25) is 4.98 Å². The van der Waals surface area contributed by atoms with E-state index in [1.807, 2.05) is 12.3 Å². The maximum atomic E-state index is 5.39. The van der Waals surface area contributed by atoms with Crippen molar-refractivity contribution in [3.63, 3.8) is 0 Å². The van der Waals surface area contributed by atoms with Crippen molar-refractivity contribution >= 4 is 0 Å². The molecule has 0 aromatic carbocycles. The highest BCUT2D eigenvalue weighted by molar-refractivity contribution is 5.27. The molecule has 3 nitrogen and oxygen atoms in total. The number of rotatable bonds is 3. The first-order chi connectivity index (χ1) is 8.43. The van der Waals surface area contributed by atoms with Crippen molar-refractivity contribution < 1.29 is 4.74 Å². The lowest BCUT2D eigenvalue weighted by Gasteiger charge is -2.24. The summed E-state index contributed by atoms with van der Waals surface area (Å²) in [6, 6.07) is 4.73. The topological polar surface area (TPSA) is 34.2 Å².